The predicted octanol–water partition coefficient (Wildman–Crippen LogP) is 1.14. The average molecular weight is 245 g/mol. The van der Waals surface area contributed by atoms with Crippen LogP contribution in [0.1, 0.15) is 12.8 Å². The molecule has 0 heterocycles. The second-order valence-corrected chi connectivity index (χ2v) is 5.92. The fourth-order valence-electron chi connectivity index (χ4n) is 4.43. The maximum Gasteiger partial charge on any atom is 0.146 e. The summed E-state index contributed by atoms with van der Waals surface area (Å²) in [5.74, 6) is -0.300. The number of oxime groups is 1. The summed E-state index contributed by atoms with van der Waals surface area (Å²) in [5.41, 5.74) is -0.857. The maximum absolute atomic E-state index is 12.3. The lowest BCUT2D eigenvalue weighted by atomic mass is 9.70. The molecule has 4 rings (SSSR count). The molecule has 0 unspecified atom stereocenters. The number of hydrogen-bond acceptors (Lipinski definition) is 4. The zero-order valence-corrected chi connectivity index (χ0v) is 9.86. The summed E-state index contributed by atoms with van der Waals surface area (Å²) in [6, 6.07) is 0. The van der Waals surface area contributed by atoms with Gasteiger partial charge in [-0.25, -0.2) is 0 Å². The van der Waals surface area contributed by atoms with E-state index in [-0.39, 0.29) is 29.5 Å². The first kappa shape index (κ1) is 10.5. The molecule has 2 saturated carbocycles. The van der Waals surface area contributed by atoms with Crippen molar-refractivity contribution in [2.24, 2.45) is 34.7 Å². The van der Waals surface area contributed by atoms with Crippen molar-refractivity contribution in [1.82, 2.24) is 0 Å². The molecule has 0 spiro atoms. The standard InChI is InChI=1S/C14H15NO3/c16-12-8-2-1-7(5-8)11(12)14(17)10-4-3-9(6-10)13(14)15-18/h1-4,7-11,17-18H,5-6H2/b15-13-/t7-,8-,9-,10-,11-,14-/m0/s1. The Hall–Kier alpha value is -1.42. The quantitative estimate of drug-likeness (QED) is 0.413. The number of ketones is 1. The molecule has 4 bridgehead atoms. The van der Waals surface area contributed by atoms with Crippen molar-refractivity contribution in [2.45, 2.75) is 18.4 Å². The van der Waals surface area contributed by atoms with Crippen LogP contribution in [0.3, 0.4) is 0 Å². The van der Waals surface area contributed by atoms with Crippen LogP contribution in [0.15, 0.2) is 29.5 Å². The molecule has 94 valence electrons. The molecule has 0 aliphatic heterocycles. The maximum atomic E-state index is 12.3. The minimum Gasteiger partial charge on any atom is -0.411 e. The first-order valence-electron chi connectivity index (χ1n) is 6.51. The normalized spacial score (nSPS) is 54.2. The smallest absolute Gasteiger partial charge is 0.146 e. The topological polar surface area (TPSA) is 69.9 Å². The molecule has 4 aliphatic carbocycles. The molecule has 18 heavy (non-hydrogen) atoms. The second-order valence-electron chi connectivity index (χ2n) is 5.92. The number of aliphatic hydroxyl groups is 1. The van der Waals surface area contributed by atoms with Crippen molar-refractivity contribution in [2.75, 3.05) is 0 Å². The molecule has 0 aromatic carbocycles. The lowest BCUT2D eigenvalue weighted by Gasteiger charge is -2.38. The Bertz CT molecular complexity index is 521. The van der Waals surface area contributed by atoms with Gasteiger partial charge >= 0.3 is 0 Å². The third kappa shape index (κ3) is 0.973. The Morgan fingerprint density at radius 3 is 2.61 bits per heavy atom. The molecule has 2 fully saturated rings. The van der Waals surface area contributed by atoms with Gasteiger partial charge in [-0.2, -0.15) is 0 Å². The third-order valence-corrected chi connectivity index (χ3v) is 5.21. The van der Waals surface area contributed by atoms with Gasteiger partial charge in [0.05, 0.1) is 11.6 Å². The molecule has 0 amide bonds. The number of Topliss-reactive ketones (excluding diaryl/α,β-unsaturated/α-hetero) is 1. The second kappa shape index (κ2) is 3.12. The number of hydrogen-bond donors (Lipinski definition) is 2. The summed E-state index contributed by atoms with van der Waals surface area (Å²) >= 11 is 0. The summed E-state index contributed by atoms with van der Waals surface area (Å²) in [5, 5.41) is 23.6. The average Bonchev–Trinajstić information content (AvgIpc) is 3.06. The van der Waals surface area contributed by atoms with Crippen LogP contribution in [-0.2, 0) is 4.79 Å². The van der Waals surface area contributed by atoms with E-state index in [0.717, 1.165) is 12.8 Å². The lowest BCUT2D eigenvalue weighted by Crippen LogP contribution is -2.53. The first-order chi connectivity index (χ1) is 8.66. The van der Waals surface area contributed by atoms with Crippen molar-refractivity contribution < 1.29 is 15.1 Å². The van der Waals surface area contributed by atoms with Gasteiger partial charge in [0.1, 0.15) is 11.4 Å². The van der Waals surface area contributed by atoms with Crippen molar-refractivity contribution in [3.05, 3.63) is 24.3 Å². The number of nitrogens with zero attached hydrogens (tertiary/aromatic N) is 1. The van der Waals surface area contributed by atoms with E-state index < -0.39 is 11.5 Å². The highest BCUT2D eigenvalue weighted by Crippen LogP contribution is 2.55. The summed E-state index contributed by atoms with van der Waals surface area (Å²) in [7, 11) is 0. The fraction of sp³-hybridized carbons (Fsp3) is 0.571. The Morgan fingerprint density at radius 1 is 1.17 bits per heavy atom. The summed E-state index contributed by atoms with van der Waals surface area (Å²) in [6.45, 7) is 0. The van der Waals surface area contributed by atoms with Gasteiger partial charge in [-0.1, -0.05) is 29.5 Å². The first-order valence-corrected chi connectivity index (χ1v) is 6.51. The van der Waals surface area contributed by atoms with E-state index in [2.05, 4.69) is 5.16 Å². The van der Waals surface area contributed by atoms with Crippen molar-refractivity contribution in [1.29, 1.82) is 0 Å². The van der Waals surface area contributed by atoms with Gasteiger partial charge in [0.25, 0.3) is 0 Å². The minimum absolute atomic E-state index is 0.000839. The predicted molar refractivity (Wildman–Crippen MR) is 64.1 cm³/mol. The molecule has 4 aliphatic rings. The monoisotopic (exact) mass is 245 g/mol. The van der Waals surface area contributed by atoms with Crippen molar-refractivity contribution >= 4 is 11.5 Å². The molecule has 4 heteroatoms. The number of fused-ring (bicyclic) bond motifs is 4. The molecular weight excluding hydrogens is 230 g/mol. The fourth-order valence-corrected chi connectivity index (χ4v) is 4.43. The van der Waals surface area contributed by atoms with Crippen LogP contribution in [0, 0.1) is 29.6 Å². The van der Waals surface area contributed by atoms with Crippen LogP contribution < -0.4 is 0 Å². The summed E-state index contributed by atoms with van der Waals surface area (Å²) in [6.07, 6.45) is 9.52. The van der Waals surface area contributed by atoms with Gasteiger partial charge in [-0.05, 0) is 18.8 Å². The zero-order chi connectivity index (χ0) is 12.5. The van der Waals surface area contributed by atoms with E-state index in [1.807, 2.05) is 24.3 Å². The Balaban J connectivity index is 1.82. The zero-order valence-electron chi connectivity index (χ0n) is 9.86. The van der Waals surface area contributed by atoms with Crippen LogP contribution in [-0.4, -0.2) is 27.4 Å². The Labute approximate surface area is 105 Å². The molecule has 0 aromatic heterocycles. The van der Waals surface area contributed by atoms with Crippen LogP contribution in [0.25, 0.3) is 0 Å². The third-order valence-electron chi connectivity index (χ3n) is 5.21. The van der Waals surface area contributed by atoms with E-state index in [9.17, 15) is 15.1 Å². The van der Waals surface area contributed by atoms with Crippen LogP contribution in [0.4, 0.5) is 0 Å². The lowest BCUT2D eigenvalue weighted by molar-refractivity contribution is -0.130. The van der Waals surface area contributed by atoms with Crippen LogP contribution >= 0.6 is 0 Å². The van der Waals surface area contributed by atoms with E-state index in [1.165, 1.54) is 0 Å². The molecule has 0 aromatic rings. The van der Waals surface area contributed by atoms with Gasteiger partial charge in [-0.15, -0.1) is 0 Å². The molecule has 2 N–H and O–H groups in total. The number of carbonyl (C=O) groups is 1. The summed E-state index contributed by atoms with van der Waals surface area (Å²) in [4.78, 5) is 12.3. The minimum atomic E-state index is -1.25. The van der Waals surface area contributed by atoms with Gasteiger partial charge in [-0.3, -0.25) is 4.79 Å². The highest BCUT2D eigenvalue weighted by Gasteiger charge is 2.64. The number of carbonyl (C=O) groups excluding carboxylic acids is 1. The van der Waals surface area contributed by atoms with E-state index in [4.69, 9.17) is 0 Å². The molecule has 6 atom stereocenters. The molecule has 4 nitrogen and oxygen atoms in total. The van der Waals surface area contributed by atoms with Crippen molar-refractivity contribution in [3.63, 3.8) is 0 Å². The number of allylic oxidation sites excluding steroid dienone is 3. The van der Waals surface area contributed by atoms with Crippen molar-refractivity contribution in [3.8, 4) is 0 Å². The van der Waals surface area contributed by atoms with Crippen LogP contribution in [0.5, 0.6) is 0 Å². The van der Waals surface area contributed by atoms with E-state index in [1.54, 1.807) is 0 Å². The van der Waals surface area contributed by atoms with Crippen LogP contribution in [0.2, 0.25) is 0 Å². The molecule has 0 saturated heterocycles. The summed E-state index contributed by atoms with van der Waals surface area (Å²) < 4.78 is 0. The van der Waals surface area contributed by atoms with Gasteiger partial charge in [0.2, 0.25) is 0 Å². The molecular formula is C14H15NO3. The van der Waals surface area contributed by atoms with Gasteiger partial charge in [0, 0.05) is 17.8 Å². The Kier molecular flexibility index (Phi) is 1.82. The Morgan fingerprint density at radius 2 is 1.94 bits per heavy atom. The highest BCUT2D eigenvalue weighted by atomic mass is 16.4. The highest BCUT2D eigenvalue weighted by molar-refractivity contribution is 6.05. The SMILES string of the molecule is O=C1[C@@H]([C@]2(O)/C(=N\O)[C@H]3C=C[C@H]2C3)[C@H]2C=C[C@H]1C2. The molecule has 0 radical (unpaired) electrons. The largest absolute Gasteiger partial charge is 0.411 e. The number of rotatable bonds is 1. The van der Waals surface area contributed by atoms with Gasteiger partial charge in [0.15, 0.2) is 0 Å². The van der Waals surface area contributed by atoms with E-state index in [0.29, 0.717) is 5.71 Å². The van der Waals surface area contributed by atoms with Gasteiger partial charge < -0.3 is 10.3 Å². The van der Waals surface area contributed by atoms with E-state index >= 15 is 0 Å².